The Bertz CT molecular complexity index is 316. The Labute approximate surface area is 83.0 Å². The van der Waals surface area contributed by atoms with Crippen molar-refractivity contribution >= 4 is 17.7 Å². The molecule has 0 aliphatic rings. The van der Waals surface area contributed by atoms with Crippen molar-refractivity contribution in [2.24, 2.45) is 0 Å². The highest BCUT2D eigenvalue weighted by molar-refractivity contribution is 6.22. The smallest absolute Gasteiger partial charge is 0.123 e. The number of benzene rings is 1. The van der Waals surface area contributed by atoms with Crippen LogP contribution < -0.4 is 0 Å². The first kappa shape index (κ1) is 10.3. The van der Waals surface area contributed by atoms with Gasteiger partial charge in [0.2, 0.25) is 0 Å². The van der Waals surface area contributed by atoms with E-state index in [2.05, 4.69) is 0 Å². The minimum atomic E-state index is -0.219. The van der Waals surface area contributed by atoms with Crippen molar-refractivity contribution in [1.82, 2.24) is 0 Å². The van der Waals surface area contributed by atoms with E-state index in [0.29, 0.717) is 0 Å². The van der Waals surface area contributed by atoms with Crippen molar-refractivity contribution in [3.8, 4) is 0 Å². The zero-order valence-corrected chi connectivity index (χ0v) is 8.48. The first-order chi connectivity index (χ1) is 6.09. The highest BCUT2D eigenvalue weighted by atomic mass is 35.5. The predicted octanol–water partition coefficient (Wildman–Crippen LogP) is 3.86. The predicted molar refractivity (Wildman–Crippen MR) is 55.4 cm³/mol. The van der Waals surface area contributed by atoms with Crippen LogP contribution in [0.5, 0.6) is 0 Å². The van der Waals surface area contributed by atoms with Gasteiger partial charge < -0.3 is 0 Å². The molecule has 70 valence electrons. The summed E-state index contributed by atoms with van der Waals surface area (Å²) >= 11 is 5.86. The normalized spacial score (nSPS) is 14.3. The van der Waals surface area contributed by atoms with E-state index in [1.54, 1.807) is 6.07 Å². The van der Waals surface area contributed by atoms with E-state index in [1.807, 2.05) is 26.0 Å². The molecule has 0 fully saturated rings. The molecule has 0 heterocycles. The van der Waals surface area contributed by atoms with E-state index in [0.717, 1.165) is 11.1 Å². The molecule has 1 unspecified atom stereocenters. The number of hydrogen-bond acceptors (Lipinski definition) is 0. The molecule has 0 aromatic heterocycles. The second-order valence-electron chi connectivity index (χ2n) is 3.06. The minimum Gasteiger partial charge on any atom is -0.207 e. The third-order valence-electron chi connectivity index (χ3n) is 1.87. The van der Waals surface area contributed by atoms with E-state index < -0.39 is 0 Å². The van der Waals surface area contributed by atoms with Crippen LogP contribution in [0.1, 0.15) is 19.4 Å². The minimum absolute atomic E-state index is 0.0109. The summed E-state index contributed by atoms with van der Waals surface area (Å²) in [7, 11) is 0. The molecule has 0 radical (unpaired) electrons. The molecule has 1 rings (SSSR count). The fourth-order valence-corrected chi connectivity index (χ4v) is 1.04. The summed E-state index contributed by atoms with van der Waals surface area (Å²) in [5.74, 6) is -0.219. The molecule has 0 amide bonds. The van der Waals surface area contributed by atoms with Crippen molar-refractivity contribution in [3.05, 3.63) is 41.2 Å². The lowest BCUT2D eigenvalue weighted by Crippen LogP contribution is -1.91. The van der Waals surface area contributed by atoms with Gasteiger partial charge >= 0.3 is 0 Å². The third-order valence-corrected chi connectivity index (χ3v) is 2.21. The van der Waals surface area contributed by atoms with Crippen LogP contribution in [-0.4, -0.2) is 5.38 Å². The molecule has 0 bridgehead atoms. The topological polar surface area (TPSA) is 0 Å². The first-order valence-corrected chi connectivity index (χ1v) is 4.61. The van der Waals surface area contributed by atoms with E-state index >= 15 is 0 Å². The summed E-state index contributed by atoms with van der Waals surface area (Å²) in [5, 5.41) is -0.0109. The average molecular weight is 199 g/mol. The Balaban J connectivity index is 2.91. The summed E-state index contributed by atoms with van der Waals surface area (Å²) < 4.78 is 12.8. The zero-order valence-electron chi connectivity index (χ0n) is 7.72. The van der Waals surface area contributed by atoms with Crippen molar-refractivity contribution < 1.29 is 4.39 Å². The lowest BCUT2D eigenvalue weighted by molar-refractivity contribution is 0.627. The third kappa shape index (κ3) is 3.19. The molecule has 0 saturated carbocycles. The van der Waals surface area contributed by atoms with Gasteiger partial charge in [0.25, 0.3) is 0 Å². The fraction of sp³-hybridized carbons (Fsp3) is 0.273. The molecule has 0 saturated heterocycles. The van der Waals surface area contributed by atoms with Gasteiger partial charge in [-0.15, -0.1) is 11.6 Å². The lowest BCUT2D eigenvalue weighted by atomic mass is 10.1. The number of alkyl halides is 1. The second-order valence-corrected chi connectivity index (χ2v) is 3.71. The van der Waals surface area contributed by atoms with Crippen LogP contribution in [0.15, 0.2) is 29.8 Å². The maximum absolute atomic E-state index is 12.8. The Kier molecular flexibility index (Phi) is 3.49. The molecule has 1 aromatic rings. The van der Waals surface area contributed by atoms with Gasteiger partial charge in [-0.05, 0) is 31.5 Å². The molecular weight excluding hydrogens is 187 g/mol. The number of rotatable bonds is 2. The van der Waals surface area contributed by atoms with Gasteiger partial charge in [-0.1, -0.05) is 23.8 Å². The van der Waals surface area contributed by atoms with Gasteiger partial charge in [-0.2, -0.15) is 0 Å². The second kappa shape index (κ2) is 4.43. The molecular formula is C11H12ClF. The van der Waals surface area contributed by atoms with E-state index in [-0.39, 0.29) is 11.2 Å². The van der Waals surface area contributed by atoms with Crippen LogP contribution in [0.2, 0.25) is 0 Å². The molecule has 0 aliphatic carbocycles. The summed E-state index contributed by atoms with van der Waals surface area (Å²) in [4.78, 5) is 0. The van der Waals surface area contributed by atoms with Crippen LogP contribution >= 0.6 is 11.6 Å². The summed E-state index contributed by atoms with van der Waals surface area (Å²) in [6.07, 6.45) is 1.89. The standard InChI is InChI=1S/C11H12ClF/c1-8(9(2)12)6-10-4-3-5-11(13)7-10/h3-7,9H,1-2H3/b8-6+. The van der Waals surface area contributed by atoms with E-state index in [4.69, 9.17) is 11.6 Å². The maximum atomic E-state index is 12.8. The Morgan fingerprint density at radius 1 is 1.54 bits per heavy atom. The van der Waals surface area contributed by atoms with Crippen molar-refractivity contribution in [2.75, 3.05) is 0 Å². The van der Waals surface area contributed by atoms with Gasteiger partial charge in [-0.25, -0.2) is 4.39 Å². The van der Waals surface area contributed by atoms with Crippen LogP contribution in [0.25, 0.3) is 6.08 Å². The molecule has 0 nitrogen and oxygen atoms in total. The molecule has 2 heteroatoms. The Morgan fingerprint density at radius 3 is 2.77 bits per heavy atom. The van der Waals surface area contributed by atoms with Gasteiger partial charge in [0.15, 0.2) is 0 Å². The number of allylic oxidation sites excluding steroid dienone is 1. The van der Waals surface area contributed by atoms with Crippen molar-refractivity contribution in [2.45, 2.75) is 19.2 Å². The number of hydrogen-bond donors (Lipinski definition) is 0. The van der Waals surface area contributed by atoms with Crippen LogP contribution in [0.4, 0.5) is 4.39 Å². The summed E-state index contributed by atoms with van der Waals surface area (Å²) in [5.41, 5.74) is 1.89. The molecule has 0 spiro atoms. The SMILES string of the molecule is C/C(=C\c1cccc(F)c1)C(C)Cl. The highest BCUT2D eigenvalue weighted by Crippen LogP contribution is 2.14. The summed E-state index contributed by atoms with van der Waals surface area (Å²) in [6, 6.07) is 6.46. The van der Waals surface area contributed by atoms with Gasteiger partial charge in [0.1, 0.15) is 5.82 Å². The summed E-state index contributed by atoms with van der Waals surface area (Å²) in [6.45, 7) is 3.83. The highest BCUT2D eigenvalue weighted by Gasteiger charge is 1.98. The first-order valence-electron chi connectivity index (χ1n) is 4.17. The monoisotopic (exact) mass is 198 g/mol. The zero-order chi connectivity index (χ0) is 9.84. The van der Waals surface area contributed by atoms with E-state index in [9.17, 15) is 4.39 Å². The Hall–Kier alpha value is -0.820. The molecule has 1 atom stereocenters. The molecule has 0 aliphatic heterocycles. The fourth-order valence-electron chi connectivity index (χ4n) is 0.974. The molecule has 0 N–H and O–H groups in total. The van der Waals surface area contributed by atoms with Gasteiger partial charge in [-0.3, -0.25) is 0 Å². The van der Waals surface area contributed by atoms with Crippen LogP contribution in [0.3, 0.4) is 0 Å². The Morgan fingerprint density at radius 2 is 2.23 bits per heavy atom. The maximum Gasteiger partial charge on any atom is 0.123 e. The quantitative estimate of drug-likeness (QED) is 0.634. The lowest BCUT2D eigenvalue weighted by Gasteiger charge is -2.02. The van der Waals surface area contributed by atoms with Crippen molar-refractivity contribution in [3.63, 3.8) is 0 Å². The average Bonchev–Trinajstić information content (AvgIpc) is 2.04. The van der Waals surface area contributed by atoms with Crippen LogP contribution in [0, 0.1) is 5.82 Å². The van der Waals surface area contributed by atoms with E-state index in [1.165, 1.54) is 12.1 Å². The molecule has 1 aromatic carbocycles. The van der Waals surface area contributed by atoms with Crippen LogP contribution in [-0.2, 0) is 0 Å². The number of halogens is 2. The van der Waals surface area contributed by atoms with Gasteiger partial charge in [0, 0.05) is 0 Å². The largest absolute Gasteiger partial charge is 0.207 e. The molecule has 13 heavy (non-hydrogen) atoms. The van der Waals surface area contributed by atoms with Gasteiger partial charge in [0.05, 0.1) is 5.38 Å². The van der Waals surface area contributed by atoms with Crippen molar-refractivity contribution in [1.29, 1.82) is 0 Å².